The maximum absolute atomic E-state index is 12.6. The van der Waals surface area contributed by atoms with Gasteiger partial charge in [0.05, 0.1) is 11.4 Å². The van der Waals surface area contributed by atoms with E-state index in [-0.39, 0.29) is 17.3 Å². The number of nitrogens with two attached hydrogens (primary N) is 1. The summed E-state index contributed by atoms with van der Waals surface area (Å²) in [5, 5.41) is 0. The second kappa shape index (κ2) is 12.2. The van der Waals surface area contributed by atoms with Gasteiger partial charge in [-0.05, 0) is 70.1 Å². The highest BCUT2D eigenvalue weighted by molar-refractivity contribution is 5.94. The number of benzene rings is 1. The number of carbonyl (C=O) groups excluding carboxylic acids is 2. The van der Waals surface area contributed by atoms with Crippen LogP contribution in [0.25, 0.3) is 0 Å². The lowest BCUT2D eigenvalue weighted by molar-refractivity contribution is -0.137. The Kier molecular flexibility index (Phi) is 10.6. The summed E-state index contributed by atoms with van der Waals surface area (Å²) in [6.07, 6.45) is -0.712. The van der Waals surface area contributed by atoms with E-state index in [2.05, 4.69) is 25.8 Å². The third-order valence-corrected chi connectivity index (χ3v) is 5.90. The first-order chi connectivity index (χ1) is 15.2. The van der Waals surface area contributed by atoms with Crippen LogP contribution in [0.4, 0.5) is 13.2 Å². The second-order valence-electron chi connectivity index (χ2n) is 9.40. The van der Waals surface area contributed by atoms with Crippen LogP contribution in [0.1, 0.15) is 83.1 Å². The van der Waals surface area contributed by atoms with E-state index < -0.39 is 17.3 Å². The van der Waals surface area contributed by atoms with E-state index in [9.17, 15) is 22.8 Å². The number of halogens is 3. The summed E-state index contributed by atoms with van der Waals surface area (Å²) in [5.74, 6) is 1.31. The molecule has 1 amide bonds. The minimum absolute atomic E-state index is 0.0750. The molecule has 0 aromatic heterocycles. The van der Waals surface area contributed by atoms with E-state index in [1.165, 1.54) is 12.1 Å². The lowest BCUT2D eigenvalue weighted by Crippen LogP contribution is -2.38. The van der Waals surface area contributed by atoms with Gasteiger partial charge in [0.15, 0.2) is 5.78 Å². The van der Waals surface area contributed by atoms with Crippen LogP contribution >= 0.6 is 0 Å². The molecule has 1 aliphatic heterocycles. The molecular weight excluding hydrogens is 431 g/mol. The molecule has 186 valence electrons. The summed E-state index contributed by atoms with van der Waals surface area (Å²) < 4.78 is 37.9. The summed E-state index contributed by atoms with van der Waals surface area (Å²) >= 11 is 0. The minimum atomic E-state index is -4.41. The third kappa shape index (κ3) is 9.18. The summed E-state index contributed by atoms with van der Waals surface area (Å²) in [6.45, 7) is 12.6. The molecule has 0 saturated carbocycles. The Balaban J connectivity index is 0.000000366. The zero-order chi connectivity index (χ0) is 25.4. The highest BCUT2D eigenvalue weighted by atomic mass is 19.4. The number of likely N-dealkylation sites (tertiary alicyclic amines) is 1. The van der Waals surface area contributed by atoms with Crippen molar-refractivity contribution in [2.75, 3.05) is 13.1 Å². The summed E-state index contributed by atoms with van der Waals surface area (Å²) in [7, 11) is 0. The molecule has 1 heterocycles. The number of amides is 1. The van der Waals surface area contributed by atoms with E-state index in [0.29, 0.717) is 30.8 Å². The zero-order valence-corrected chi connectivity index (χ0v) is 20.6. The van der Waals surface area contributed by atoms with E-state index in [0.717, 1.165) is 37.8 Å². The smallest absolute Gasteiger partial charge is 0.388 e. The van der Waals surface area contributed by atoms with Crippen LogP contribution in [-0.2, 0) is 11.0 Å². The quantitative estimate of drug-likeness (QED) is 0.427. The molecule has 1 unspecified atom stereocenters. The molecule has 1 fully saturated rings. The van der Waals surface area contributed by atoms with E-state index in [4.69, 9.17) is 5.73 Å². The number of nitrogens with zero attached hydrogens (tertiary/aromatic N) is 2. The SMILES string of the molecule is CC(=O)C(C)(CC(C)C)N=C(C)N.CCC1CCN(C(=O)c2cccc(C(F)(F)F)c2)CC1. The molecule has 0 aliphatic carbocycles. The van der Waals surface area contributed by atoms with Crippen molar-refractivity contribution in [1.82, 2.24) is 4.90 Å². The van der Waals surface area contributed by atoms with Gasteiger partial charge in [0.1, 0.15) is 5.54 Å². The predicted octanol–water partition coefficient (Wildman–Crippen LogP) is 5.72. The average molecular weight is 470 g/mol. The molecule has 5 nitrogen and oxygen atoms in total. The molecule has 0 radical (unpaired) electrons. The average Bonchev–Trinajstić information content (AvgIpc) is 2.72. The first-order valence-electron chi connectivity index (χ1n) is 11.5. The van der Waals surface area contributed by atoms with Gasteiger partial charge in [-0.3, -0.25) is 14.6 Å². The molecule has 0 bridgehead atoms. The number of hydrogen-bond acceptors (Lipinski definition) is 3. The fourth-order valence-electron chi connectivity index (χ4n) is 4.01. The van der Waals surface area contributed by atoms with Crippen molar-refractivity contribution >= 4 is 17.5 Å². The Morgan fingerprint density at radius 3 is 2.18 bits per heavy atom. The fourth-order valence-corrected chi connectivity index (χ4v) is 4.01. The van der Waals surface area contributed by atoms with Gasteiger partial charge in [-0.2, -0.15) is 13.2 Å². The number of aliphatic imine (C=N–C) groups is 1. The molecule has 1 aliphatic rings. The van der Waals surface area contributed by atoms with Crippen molar-refractivity contribution in [2.45, 2.75) is 78.9 Å². The maximum Gasteiger partial charge on any atom is 0.416 e. The van der Waals surface area contributed by atoms with Gasteiger partial charge in [-0.1, -0.05) is 33.3 Å². The molecule has 2 N–H and O–H groups in total. The Labute approximate surface area is 195 Å². The number of alkyl halides is 3. The predicted molar refractivity (Wildman–Crippen MR) is 126 cm³/mol. The molecular formula is C25H38F3N3O2. The highest BCUT2D eigenvalue weighted by Gasteiger charge is 2.32. The van der Waals surface area contributed by atoms with Crippen LogP contribution in [0.5, 0.6) is 0 Å². The lowest BCUT2D eigenvalue weighted by Gasteiger charge is -2.31. The number of ketones is 1. The van der Waals surface area contributed by atoms with Crippen LogP contribution in [-0.4, -0.2) is 41.1 Å². The fraction of sp³-hybridized carbons (Fsp3) is 0.640. The summed E-state index contributed by atoms with van der Waals surface area (Å²) in [6, 6.07) is 4.66. The van der Waals surface area contributed by atoms with Gasteiger partial charge in [0.2, 0.25) is 0 Å². The highest BCUT2D eigenvalue weighted by Crippen LogP contribution is 2.30. The van der Waals surface area contributed by atoms with Crippen molar-refractivity contribution in [3.8, 4) is 0 Å². The number of piperidine rings is 1. The van der Waals surface area contributed by atoms with Crippen molar-refractivity contribution in [3.63, 3.8) is 0 Å². The molecule has 8 heteroatoms. The third-order valence-electron chi connectivity index (χ3n) is 5.90. The normalized spacial score (nSPS) is 17.3. The number of hydrogen-bond donors (Lipinski definition) is 1. The summed E-state index contributed by atoms with van der Waals surface area (Å²) in [5.41, 5.74) is 4.21. The lowest BCUT2D eigenvalue weighted by atomic mass is 9.88. The van der Waals surface area contributed by atoms with Crippen molar-refractivity contribution in [2.24, 2.45) is 22.6 Å². The van der Waals surface area contributed by atoms with Gasteiger partial charge < -0.3 is 10.6 Å². The Morgan fingerprint density at radius 2 is 1.76 bits per heavy atom. The van der Waals surface area contributed by atoms with E-state index in [1.54, 1.807) is 18.7 Å². The van der Waals surface area contributed by atoms with Gasteiger partial charge in [0.25, 0.3) is 5.91 Å². The van der Waals surface area contributed by atoms with Crippen molar-refractivity contribution < 1.29 is 22.8 Å². The first kappa shape index (κ1) is 28.7. The number of rotatable bonds is 6. The van der Waals surface area contributed by atoms with Crippen LogP contribution in [0.3, 0.4) is 0 Å². The Hall–Kier alpha value is -2.38. The zero-order valence-electron chi connectivity index (χ0n) is 20.6. The topological polar surface area (TPSA) is 75.8 Å². The van der Waals surface area contributed by atoms with Crippen molar-refractivity contribution in [3.05, 3.63) is 35.4 Å². The Morgan fingerprint density at radius 1 is 1.18 bits per heavy atom. The first-order valence-corrected chi connectivity index (χ1v) is 11.5. The van der Waals surface area contributed by atoms with E-state index >= 15 is 0 Å². The van der Waals surface area contributed by atoms with Gasteiger partial charge >= 0.3 is 6.18 Å². The molecule has 33 heavy (non-hydrogen) atoms. The summed E-state index contributed by atoms with van der Waals surface area (Å²) in [4.78, 5) is 29.5. The second-order valence-corrected chi connectivity index (χ2v) is 9.40. The molecule has 0 spiro atoms. The maximum atomic E-state index is 12.6. The van der Waals surface area contributed by atoms with Gasteiger partial charge in [0, 0.05) is 18.7 Å². The molecule has 1 aromatic carbocycles. The monoisotopic (exact) mass is 469 g/mol. The molecule has 1 saturated heterocycles. The van der Waals surface area contributed by atoms with Crippen LogP contribution in [0.2, 0.25) is 0 Å². The molecule has 2 rings (SSSR count). The van der Waals surface area contributed by atoms with Crippen LogP contribution < -0.4 is 5.73 Å². The van der Waals surface area contributed by atoms with Crippen molar-refractivity contribution in [1.29, 1.82) is 0 Å². The number of amidine groups is 1. The molecule has 1 atom stereocenters. The minimum Gasteiger partial charge on any atom is -0.388 e. The largest absolute Gasteiger partial charge is 0.416 e. The van der Waals surface area contributed by atoms with Crippen LogP contribution in [0, 0.1) is 11.8 Å². The number of Topliss-reactive ketones (excluding diaryl/α,β-unsaturated/α-hetero) is 1. The van der Waals surface area contributed by atoms with Gasteiger partial charge in [-0.15, -0.1) is 0 Å². The molecule has 1 aromatic rings. The standard InChI is InChI=1S/C15H18F3NO.C10H20N2O/c1-2-11-6-8-19(9-7-11)14(20)12-4-3-5-13(10-12)15(16,17)18;1-7(2)6-10(5,8(3)13)12-9(4)11/h3-5,10-11H,2,6-9H2,1H3;7H,6H2,1-5H3,(H2,11,12). The van der Waals surface area contributed by atoms with Gasteiger partial charge in [-0.25, -0.2) is 0 Å². The van der Waals surface area contributed by atoms with E-state index in [1.807, 2.05) is 6.92 Å². The number of carbonyl (C=O) groups is 2. The van der Waals surface area contributed by atoms with Crippen LogP contribution in [0.15, 0.2) is 29.3 Å². The Bertz CT molecular complexity index is 824.